The summed E-state index contributed by atoms with van der Waals surface area (Å²) in [6.45, 7) is 4.63. The highest BCUT2D eigenvalue weighted by atomic mass is 16.2. The van der Waals surface area contributed by atoms with Gasteiger partial charge in [0.1, 0.15) is 0 Å². The second kappa shape index (κ2) is 5.14. The van der Waals surface area contributed by atoms with Gasteiger partial charge in [0.15, 0.2) is 0 Å². The molecule has 3 atom stereocenters. The van der Waals surface area contributed by atoms with Gasteiger partial charge in [-0.3, -0.25) is 9.59 Å². The molecule has 3 aliphatic heterocycles. The minimum absolute atomic E-state index is 0.0777. The van der Waals surface area contributed by atoms with Crippen LogP contribution in [-0.2, 0) is 9.59 Å². The fraction of sp³-hybridized carbons (Fsp3) is 0.867. The van der Waals surface area contributed by atoms with Gasteiger partial charge in [-0.25, -0.2) is 0 Å². The number of fused-ring (bicyclic) bond motifs is 4. The van der Waals surface area contributed by atoms with Gasteiger partial charge < -0.3 is 9.80 Å². The fourth-order valence-electron chi connectivity index (χ4n) is 4.07. The number of unbranched alkanes of at least 4 members (excludes halogenated alkanes) is 1. The second-order valence-electron chi connectivity index (χ2n) is 6.34. The van der Waals surface area contributed by atoms with Crippen molar-refractivity contribution in [2.75, 3.05) is 19.6 Å². The number of nitrogens with zero attached hydrogens (tertiary/aromatic N) is 2. The summed E-state index contributed by atoms with van der Waals surface area (Å²) in [5.41, 5.74) is 0. The molecule has 2 bridgehead atoms. The standard InChI is InChI=1S/C15H24N2O2/c1-2-3-7-16-9-11-8-12(15(16)19)10-17-13(11)5-4-6-14(17)18/h11-13H,2-10H2,1H3. The van der Waals surface area contributed by atoms with E-state index in [1.165, 1.54) is 0 Å². The molecule has 0 spiro atoms. The highest BCUT2D eigenvalue weighted by Gasteiger charge is 2.47. The third-order valence-corrected chi connectivity index (χ3v) is 5.06. The van der Waals surface area contributed by atoms with Gasteiger partial charge in [0.25, 0.3) is 0 Å². The predicted molar refractivity (Wildman–Crippen MR) is 72.4 cm³/mol. The van der Waals surface area contributed by atoms with Crippen LogP contribution in [0.2, 0.25) is 0 Å². The number of hydrogen-bond donors (Lipinski definition) is 0. The van der Waals surface area contributed by atoms with Crippen molar-refractivity contribution in [3.63, 3.8) is 0 Å². The number of carbonyl (C=O) groups is 2. The fourth-order valence-corrected chi connectivity index (χ4v) is 4.07. The summed E-state index contributed by atoms with van der Waals surface area (Å²) >= 11 is 0. The topological polar surface area (TPSA) is 40.6 Å². The maximum atomic E-state index is 12.4. The van der Waals surface area contributed by atoms with Crippen LogP contribution in [0.3, 0.4) is 0 Å². The quantitative estimate of drug-likeness (QED) is 0.777. The van der Waals surface area contributed by atoms with E-state index in [0.29, 0.717) is 30.8 Å². The van der Waals surface area contributed by atoms with Crippen molar-refractivity contribution in [3.8, 4) is 0 Å². The van der Waals surface area contributed by atoms with Crippen LogP contribution in [0.5, 0.6) is 0 Å². The first-order valence-corrected chi connectivity index (χ1v) is 7.79. The summed E-state index contributed by atoms with van der Waals surface area (Å²) < 4.78 is 0. The molecular weight excluding hydrogens is 240 g/mol. The second-order valence-corrected chi connectivity index (χ2v) is 6.34. The minimum Gasteiger partial charge on any atom is -0.342 e. The maximum Gasteiger partial charge on any atom is 0.227 e. The van der Waals surface area contributed by atoms with Crippen LogP contribution < -0.4 is 0 Å². The van der Waals surface area contributed by atoms with Crippen molar-refractivity contribution in [1.82, 2.24) is 9.80 Å². The Balaban J connectivity index is 1.74. The van der Waals surface area contributed by atoms with Gasteiger partial charge in [0, 0.05) is 32.1 Å². The Hall–Kier alpha value is -1.06. The lowest BCUT2D eigenvalue weighted by molar-refractivity contribution is -0.156. The number of likely N-dealkylation sites (tertiary alicyclic amines) is 1. The third-order valence-electron chi connectivity index (χ3n) is 5.06. The van der Waals surface area contributed by atoms with E-state index in [2.05, 4.69) is 11.8 Å². The zero-order chi connectivity index (χ0) is 13.4. The molecule has 4 heteroatoms. The third kappa shape index (κ3) is 2.26. The first-order chi connectivity index (χ1) is 9.20. The van der Waals surface area contributed by atoms with Crippen LogP contribution in [0.25, 0.3) is 0 Å². The lowest BCUT2D eigenvalue weighted by atomic mass is 9.75. The summed E-state index contributed by atoms with van der Waals surface area (Å²) in [7, 11) is 0. The largest absolute Gasteiger partial charge is 0.342 e. The molecule has 3 heterocycles. The summed E-state index contributed by atoms with van der Waals surface area (Å²) in [4.78, 5) is 28.5. The molecule has 19 heavy (non-hydrogen) atoms. The molecule has 3 fully saturated rings. The molecule has 3 aliphatic rings. The van der Waals surface area contributed by atoms with Crippen molar-refractivity contribution >= 4 is 11.8 Å². The Labute approximate surface area is 115 Å². The number of carbonyl (C=O) groups excluding carboxylic acids is 2. The van der Waals surface area contributed by atoms with E-state index in [1.807, 2.05) is 4.90 Å². The van der Waals surface area contributed by atoms with E-state index in [9.17, 15) is 9.59 Å². The smallest absolute Gasteiger partial charge is 0.227 e. The number of hydrogen-bond acceptors (Lipinski definition) is 2. The molecular formula is C15H24N2O2. The SMILES string of the molecule is CCCCN1CC2CC(CN3C(=O)CCCC23)C1=O. The van der Waals surface area contributed by atoms with Gasteiger partial charge in [-0.05, 0) is 31.6 Å². The Bertz CT molecular complexity index is 382. The number of piperidine rings is 3. The molecule has 2 amide bonds. The zero-order valence-corrected chi connectivity index (χ0v) is 11.8. The molecule has 0 aromatic rings. The molecule has 4 nitrogen and oxygen atoms in total. The van der Waals surface area contributed by atoms with Gasteiger partial charge >= 0.3 is 0 Å². The molecule has 0 aromatic carbocycles. The maximum absolute atomic E-state index is 12.4. The van der Waals surface area contributed by atoms with Crippen LogP contribution in [0.4, 0.5) is 0 Å². The van der Waals surface area contributed by atoms with E-state index < -0.39 is 0 Å². The summed E-state index contributed by atoms with van der Waals surface area (Å²) in [6, 6.07) is 0.412. The Morgan fingerprint density at radius 1 is 1.26 bits per heavy atom. The molecule has 0 aliphatic carbocycles. The monoisotopic (exact) mass is 264 g/mol. The van der Waals surface area contributed by atoms with E-state index in [4.69, 9.17) is 0 Å². The Kier molecular flexibility index (Phi) is 3.50. The normalized spacial score (nSPS) is 34.5. The highest BCUT2D eigenvalue weighted by Crippen LogP contribution is 2.38. The van der Waals surface area contributed by atoms with Gasteiger partial charge in [-0.15, -0.1) is 0 Å². The van der Waals surface area contributed by atoms with E-state index in [0.717, 1.165) is 45.2 Å². The lowest BCUT2D eigenvalue weighted by Crippen LogP contribution is -2.62. The van der Waals surface area contributed by atoms with Crippen LogP contribution in [0, 0.1) is 11.8 Å². The van der Waals surface area contributed by atoms with Gasteiger partial charge in [0.2, 0.25) is 11.8 Å². The molecule has 0 N–H and O–H groups in total. The molecule has 3 saturated heterocycles. The lowest BCUT2D eigenvalue weighted by Gasteiger charge is -2.51. The Morgan fingerprint density at radius 2 is 2.11 bits per heavy atom. The summed E-state index contributed by atoms with van der Waals surface area (Å²) in [6.07, 6.45) is 6.09. The summed E-state index contributed by atoms with van der Waals surface area (Å²) in [5, 5.41) is 0. The average molecular weight is 264 g/mol. The molecule has 3 rings (SSSR count). The first-order valence-electron chi connectivity index (χ1n) is 7.79. The molecule has 0 radical (unpaired) electrons. The van der Waals surface area contributed by atoms with Crippen molar-refractivity contribution in [3.05, 3.63) is 0 Å². The van der Waals surface area contributed by atoms with E-state index in [-0.39, 0.29) is 11.8 Å². The van der Waals surface area contributed by atoms with Gasteiger partial charge in [-0.1, -0.05) is 13.3 Å². The predicted octanol–water partition coefficient (Wildman–Crippen LogP) is 1.65. The van der Waals surface area contributed by atoms with Crippen molar-refractivity contribution in [2.24, 2.45) is 11.8 Å². The highest BCUT2D eigenvalue weighted by molar-refractivity contribution is 5.83. The van der Waals surface area contributed by atoms with Gasteiger partial charge in [-0.2, -0.15) is 0 Å². The molecule has 106 valence electrons. The zero-order valence-electron chi connectivity index (χ0n) is 11.8. The Morgan fingerprint density at radius 3 is 2.89 bits per heavy atom. The average Bonchev–Trinajstić information content (AvgIpc) is 2.42. The number of rotatable bonds is 3. The first kappa shape index (κ1) is 12.9. The van der Waals surface area contributed by atoms with Crippen LogP contribution in [0.15, 0.2) is 0 Å². The van der Waals surface area contributed by atoms with E-state index >= 15 is 0 Å². The van der Waals surface area contributed by atoms with Crippen molar-refractivity contribution in [1.29, 1.82) is 0 Å². The molecule has 0 aromatic heterocycles. The van der Waals surface area contributed by atoms with Crippen LogP contribution in [-0.4, -0.2) is 47.3 Å². The molecule has 0 saturated carbocycles. The minimum atomic E-state index is 0.0777. The number of amides is 2. The van der Waals surface area contributed by atoms with E-state index in [1.54, 1.807) is 0 Å². The van der Waals surface area contributed by atoms with Gasteiger partial charge in [0.05, 0.1) is 5.92 Å². The van der Waals surface area contributed by atoms with Crippen LogP contribution in [0.1, 0.15) is 45.4 Å². The molecule has 3 unspecified atom stereocenters. The van der Waals surface area contributed by atoms with Crippen molar-refractivity contribution in [2.45, 2.75) is 51.5 Å². The van der Waals surface area contributed by atoms with Crippen molar-refractivity contribution < 1.29 is 9.59 Å². The van der Waals surface area contributed by atoms with Crippen LogP contribution >= 0.6 is 0 Å². The summed E-state index contributed by atoms with van der Waals surface area (Å²) in [5.74, 6) is 1.17.